The van der Waals surface area contributed by atoms with Crippen molar-refractivity contribution in [1.29, 1.82) is 0 Å². The molecule has 0 aliphatic heterocycles. The second kappa shape index (κ2) is 5.87. The highest BCUT2D eigenvalue weighted by molar-refractivity contribution is 5.75. The quantitative estimate of drug-likeness (QED) is 0.649. The van der Waals surface area contributed by atoms with Crippen LogP contribution in [0, 0.1) is 0 Å². The molecule has 1 unspecified atom stereocenters. The predicted octanol–water partition coefficient (Wildman–Crippen LogP) is 0.356. The van der Waals surface area contributed by atoms with E-state index < -0.39 is 24.5 Å². The molecule has 1 aromatic rings. The molecule has 0 spiro atoms. The van der Waals surface area contributed by atoms with Crippen molar-refractivity contribution in [1.82, 2.24) is 5.32 Å². The molecule has 1 rings (SSSR count). The minimum Gasteiger partial charge on any atom is -0.480 e. The topological polar surface area (TPSA) is 86.6 Å². The number of aliphatic carboxylic acids is 2. The van der Waals surface area contributed by atoms with Gasteiger partial charge in [0.15, 0.2) is 0 Å². The number of carboxylic acid groups (broad SMARTS) is 2. The first-order chi connectivity index (χ1) is 8.00. The van der Waals surface area contributed by atoms with Gasteiger partial charge in [0.25, 0.3) is 0 Å². The van der Waals surface area contributed by atoms with Crippen LogP contribution in [0.3, 0.4) is 0 Å². The third-order valence-electron chi connectivity index (χ3n) is 1.99. The van der Waals surface area contributed by atoms with E-state index >= 15 is 0 Å². The fraction of sp³-hybridized carbons (Fsp3) is 0.273. The van der Waals surface area contributed by atoms with E-state index in [-0.39, 0.29) is 6.42 Å². The van der Waals surface area contributed by atoms with E-state index in [1.54, 1.807) is 30.3 Å². The molecule has 0 saturated carbocycles. The Kier molecular flexibility index (Phi) is 3.90. The van der Waals surface area contributed by atoms with Gasteiger partial charge in [-0.15, -0.1) is 0 Å². The third-order valence-corrected chi connectivity index (χ3v) is 1.99. The summed E-state index contributed by atoms with van der Waals surface area (Å²) in [6.07, 6.45) is 0.138. The number of rotatable bonds is 6. The zero-order chi connectivity index (χ0) is 12.8. The first kappa shape index (κ1) is 10.6. The number of carbonyl (C=O) groups is 2. The number of hydrogen-bond acceptors (Lipinski definition) is 3. The van der Waals surface area contributed by atoms with Crippen molar-refractivity contribution in [2.75, 3.05) is 6.52 Å². The van der Waals surface area contributed by atoms with E-state index in [1.807, 2.05) is 0 Å². The molecule has 86 valence electrons. The van der Waals surface area contributed by atoms with Gasteiger partial charge in [-0.05, 0) is 12.0 Å². The van der Waals surface area contributed by atoms with Crippen molar-refractivity contribution in [2.45, 2.75) is 12.5 Å². The summed E-state index contributed by atoms with van der Waals surface area (Å²) in [5, 5.41) is 19.7. The highest BCUT2D eigenvalue weighted by Crippen LogP contribution is 2.03. The summed E-state index contributed by atoms with van der Waals surface area (Å²) >= 11 is 0. The van der Waals surface area contributed by atoms with E-state index in [0.717, 1.165) is 5.56 Å². The van der Waals surface area contributed by atoms with Crippen molar-refractivity contribution in [3.05, 3.63) is 35.9 Å². The zero-order valence-electron chi connectivity index (χ0n) is 9.46. The molecule has 0 fully saturated rings. The number of benzene rings is 1. The van der Waals surface area contributed by atoms with Crippen molar-refractivity contribution in [3.63, 3.8) is 0 Å². The van der Waals surface area contributed by atoms with Gasteiger partial charge in [-0.25, -0.2) is 0 Å². The summed E-state index contributed by atoms with van der Waals surface area (Å²) in [6.45, 7) is -1.64. The SMILES string of the molecule is [2H]C(N[C@@H](Cc1ccccc1)C(=O)O)C(=O)O. The number of hydrogen-bond donors (Lipinski definition) is 3. The molecule has 0 amide bonds. The Hall–Kier alpha value is -1.88. The lowest BCUT2D eigenvalue weighted by Gasteiger charge is -2.12. The van der Waals surface area contributed by atoms with E-state index in [9.17, 15) is 9.59 Å². The highest BCUT2D eigenvalue weighted by atomic mass is 16.4. The van der Waals surface area contributed by atoms with E-state index in [1.165, 1.54) is 0 Å². The molecular weight excluding hydrogens is 210 g/mol. The molecule has 0 aromatic heterocycles. The standard InChI is InChI=1S/C11H13NO4/c13-10(14)7-12-9(11(15)16)6-8-4-2-1-3-5-8/h1-5,9,12H,6-7H2,(H,13,14)(H,15,16)/t9-/m0/s1/i7D/t7?,9-. The predicted molar refractivity (Wildman–Crippen MR) is 57.2 cm³/mol. The molecular formula is C11H13NO4. The summed E-state index contributed by atoms with van der Waals surface area (Å²) < 4.78 is 7.14. The Morgan fingerprint density at radius 3 is 2.44 bits per heavy atom. The van der Waals surface area contributed by atoms with Crippen LogP contribution in [0.5, 0.6) is 0 Å². The Labute approximate surface area is 94.1 Å². The van der Waals surface area contributed by atoms with Crippen LogP contribution in [0.1, 0.15) is 6.93 Å². The maximum Gasteiger partial charge on any atom is 0.321 e. The normalized spacial score (nSPS) is 14.9. The van der Waals surface area contributed by atoms with E-state index in [2.05, 4.69) is 5.32 Å². The molecule has 0 aliphatic rings. The van der Waals surface area contributed by atoms with Crippen LogP contribution in [-0.2, 0) is 16.0 Å². The average molecular weight is 224 g/mol. The molecule has 0 aliphatic carbocycles. The first-order valence-electron chi connectivity index (χ1n) is 5.26. The molecule has 16 heavy (non-hydrogen) atoms. The first-order valence-corrected chi connectivity index (χ1v) is 4.68. The molecule has 0 heterocycles. The maximum absolute atomic E-state index is 10.9. The van der Waals surface area contributed by atoms with Crippen molar-refractivity contribution in [2.24, 2.45) is 0 Å². The zero-order valence-corrected chi connectivity index (χ0v) is 8.46. The second-order valence-electron chi connectivity index (χ2n) is 3.23. The Balaban J connectivity index is 2.67. The molecule has 5 heteroatoms. The summed E-state index contributed by atoms with van der Waals surface area (Å²) in [7, 11) is 0. The number of nitrogens with one attached hydrogen (secondary N) is 1. The van der Waals surface area contributed by atoms with Crippen LogP contribution in [-0.4, -0.2) is 34.7 Å². The summed E-state index contributed by atoms with van der Waals surface area (Å²) in [5.74, 6) is -2.57. The molecule has 2 atom stereocenters. The van der Waals surface area contributed by atoms with E-state index in [4.69, 9.17) is 11.6 Å². The van der Waals surface area contributed by atoms with Crippen molar-refractivity contribution < 1.29 is 21.2 Å². The lowest BCUT2D eigenvalue weighted by molar-refractivity contribution is -0.140. The number of carboxylic acids is 2. The van der Waals surface area contributed by atoms with Gasteiger partial charge in [0.1, 0.15) is 6.04 Å². The fourth-order valence-corrected chi connectivity index (χ4v) is 1.24. The van der Waals surface area contributed by atoms with Crippen LogP contribution in [0.4, 0.5) is 0 Å². The van der Waals surface area contributed by atoms with Crippen LogP contribution >= 0.6 is 0 Å². The fourth-order valence-electron chi connectivity index (χ4n) is 1.24. The van der Waals surface area contributed by atoms with Gasteiger partial charge in [0.2, 0.25) is 0 Å². The Morgan fingerprint density at radius 1 is 1.31 bits per heavy atom. The monoisotopic (exact) mass is 224 g/mol. The molecule has 3 N–H and O–H groups in total. The van der Waals surface area contributed by atoms with Crippen LogP contribution < -0.4 is 5.32 Å². The maximum atomic E-state index is 10.9. The third kappa shape index (κ3) is 4.10. The molecule has 0 saturated heterocycles. The van der Waals surface area contributed by atoms with Crippen molar-refractivity contribution >= 4 is 11.9 Å². The largest absolute Gasteiger partial charge is 0.480 e. The van der Waals surface area contributed by atoms with Gasteiger partial charge < -0.3 is 10.2 Å². The van der Waals surface area contributed by atoms with Gasteiger partial charge in [0, 0.05) is 0 Å². The second-order valence-corrected chi connectivity index (χ2v) is 3.23. The van der Waals surface area contributed by atoms with Crippen LogP contribution in [0.2, 0.25) is 0 Å². The summed E-state index contributed by atoms with van der Waals surface area (Å²) in [4.78, 5) is 21.4. The van der Waals surface area contributed by atoms with Gasteiger partial charge in [-0.1, -0.05) is 30.3 Å². The average Bonchev–Trinajstić information content (AvgIpc) is 2.29. The van der Waals surface area contributed by atoms with Crippen LogP contribution in [0.25, 0.3) is 0 Å². The summed E-state index contributed by atoms with van der Waals surface area (Å²) in [6, 6.07) is 7.75. The van der Waals surface area contributed by atoms with Gasteiger partial charge in [-0.3, -0.25) is 14.9 Å². The van der Waals surface area contributed by atoms with Crippen molar-refractivity contribution in [3.8, 4) is 0 Å². The van der Waals surface area contributed by atoms with Gasteiger partial charge >= 0.3 is 11.9 Å². The van der Waals surface area contributed by atoms with E-state index in [0.29, 0.717) is 0 Å². The molecule has 1 aromatic carbocycles. The lowest BCUT2D eigenvalue weighted by atomic mass is 10.1. The van der Waals surface area contributed by atoms with Gasteiger partial charge in [-0.2, -0.15) is 0 Å². The smallest absolute Gasteiger partial charge is 0.321 e. The molecule has 5 nitrogen and oxygen atoms in total. The highest BCUT2D eigenvalue weighted by Gasteiger charge is 2.17. The lowest BCUT2D eigenvalue weighted by Crippen LogP contribution is -2.41. The Morgan fingerprint density at radius 2 is 1.94 bits per heavy atom. The molecule has 0 bridgehead atoms. The summed E-state index contributed by atoms with van der Waals surface area (Å²) in [5.41, 5.74) is 0.769. The Bertz CT molecular complexity index is 396. The van der Waals surface area contributed by atoms with Crippen LogP contribution in [0.15, 0.2) is 30.3 Å². The molecule has 0 radical (unpaired) electrons. The minimum atomic E-state index is -1.64. The minimum absolute atomic E-state index is 0.138. The van der Waals surface area contributed by atoms with Gasteiger partial charge in [0.05, 0.1) is 7.89 Å².